The van der Waals surface area contributed by atoms with Crippen LogP contribution < -0.4 is 34.7 Å². The van der Waals surface area contributed by atoms with Crippen LogP contribution in [0.25, 0.3) is 0 Å². The topological polar surface area (TPSA) is 23.1 Å². The number of unbranched alkanes of at least 4 members (excludes halogenated alkanes) is 2. The first-order valence-electron chi connectivity index (χ1n) is 2.50. The van der Waals surface area contributed by atoms with Crippen LogP contribution >= 0.6 is 0 Å². The summed E-state index contributed by atoms with van der Waals surface area (Å²) in [6, 6.07) is 0. The molecule has 0 rings (SSSR count). The fraction of sp³-hybridized carbons (Fsp3) is 1.00. The first kappa shape index (κ1) is 16.0. The average Bonchev–Trinajstić information content (AvgIpc) is 1.61. The largest absolute Gasteiger partial charge is 1.00 e. The molecule has 0 fully saturated rings. The Morgan fingerprint density at radius 2 is 1.75 bits per heavy atom. The molecule has 0 aromatic heterocycles. The van der Waals surface area contributed by atoms with Gasteiger partial charge in [0.25, 0.3) is 0 Å². The minimum atomic E-state index is 0. The molecule has 0 aliphatic heterocycles. The van der Waals surface area contributed by atoms with Gasteiger partial charge in [-0.15, -0.1) is 6.61 Å². The summed E-state index contributed by atoms with van der Waals surface area (Å²) in [4.78, 5) is 0. The van der Waals surface area contributed by atoms with Crippen molar-refractivity contribution < 1.29 is 34.7 Å². The van der Waals surface area contributed by atoms with Gasteiger partial charge in [0.1, 0.15) is 0 Å². The Hall–Kier alpha value is 1.02. The van der Waals surface area contributed by atoms with Gasteiger partial charge < -0.3 is 5.11 Å². The van der Waals surface area contributed by atoms with Crippen molar-refractivity contribution in [2.45, 2.75) is 26.2 Å². The Kier molecular flexibility index (Phi) is 31.4. The van der Waals surface area contributed by atoms with Crippen molar-refractivity contribution in [1.82, 2.24) is 0 Å². The van der Waals surface area contributed by atoms with E-state index in [0.29, 0.717) is 0 Å². The Morgan fingerprint density at radius 1 is 1.25 bits per heavy atom. The standard InChI is InChI=1S/C5H11O.BH3.Na/c1-2-3-4-5-6;;/h2-5H2,1H3;1H3;/q-1;;+1. The molecule has 0 radical (unpaired) electrons. The molecular formula is C5H14BNaO. The molecule has 0 unspecified atom stereocenters. The molecule has 0 aromatic carbocycles. The monoisotopic (exact) mass is 124 g/mol. The van der Waals surface area contributed by atoms with E-state index in [1.54, 1.807) is 0 Å². The van der Waals surface area contributed by atoms with Crippen LogP contribution in [0, 0.1) is 0 Å². The fourth-order valence-corrected chi connectivity index (χ4v) is 0.352. The molecular weight excluding hydrogens is 110 g/mol. The van der Waals surface area contributed by atoms with Gasteiger partial charge in [-0.05, 0) is 0 Å². The first-order valence-corrected chi connectivity index (χ1v) is 2.50. The van der Waals surface area contributed by atoms with Crippen molar-refractivity contribution in [2.75, 3.05) is 6.61 Å². The van der Waals surface area contributed by atoms with E-state index in [0.717, 1.165) is 19.3 Å². The van der Waals surface area contributed by atoms with Crippen molar-refractivity contribution >= 4 is 8.41 Å². The van der Waals surface area contributed by atoms with Crippen molar-refractivity contribution in [2.24, 2.45) is 0 Å². The van der Waals surface area contributed by atoms with E-state index in [4.69, 9.17) is 0 Å². The van der Waals surface area contributed by atoms with E-state index in [2.05, 4.69) is 6.92 Å². The van der Waals surface area contributed by atoms with Gasteiger partial charge in [0.05, 0.1) is 8.41 Å². The van der Waals surface area contributed by atoms with Crippen LogP contribution in [-0.2, 0) is 0 Å². The molecule has 0 spiro atoms. The molecule has 0 aliphatic rings. The van der Waals surface area contributed by atoms with Crippen molar-refractivity contribution in [3.05, 3.63) is 0 Å². The van der Waals surface area contributed by atoms with Gasteiger partial charge in [-0.2, -0.15) is 0 Å². The Labute approximate surface area is 75.7 Å². The maximum Gasteiger partial charge on any atom is 1.00 e. The van der Waals surface area contributed by atoms with E-state index in [-0.39, 0.29) is 44.6 Å². The Morgan fingerprint density at radius 3 is 1.88 bits per heavy atom. The minimum Gasteiger partial charge on any atom is -0.854 e. The summed E-state index contributed by atoms with van der Waals surface area (Å²) in [5.41, 5.74) is 0. The van der Waals surface area contributed by atoms with Gasteiger partial charge in [-0.1, -0.05) is 26.2 Å². The maximum atomic E-state index is 9.69. The second-order valence-electron chi connectivity index (χ2n) is 1.41. The van der Waals surface area contributed by atoms with Gasteiger partial charge in [0, 0.05) is 0 Å². The predicted molar refractivity (Wildman–Crippen MR) is 34.3 cm³/mol. The Bertz CT molecular complexity index is 24.4. The van der Waals surface area contributed by atoms with E-state index in [1.165, 1.54) is 0 Å². The van der Waals surface area contributed by atoms with Crippen LogP contribution in [0.3, 0.4) is 0 Å². The number of rotatable bonds is 3. The van der Waals surface area contributed by atoms with Crippen LogP contribution in [0.5, 0.6) is 0 Å². The van der Waals surface area contributed by atoms with E-state index in [9.17, 15) is 5.11 Å². The second kappa shape index (κ2) is 15.7. The molecule has 0 N–H and O–H groups in total. The normalized spacial score (nSPS) is 6.75. The number of hydrogen-bond acceptors (Lipinski definition) is 1. The maximum absolute atomic E-state index is 9.69. The van der Waals surface area contributed by atoms with Crippen LogP contribution in [-0.4, -0.2) is 15.0 Å². The van der Waals surface area contributed by atoms with Gasteiger partial charge in [0.2, 0.25) is 0 Å². The predicted octanol–water partition coefficient (Wildman–Crippen LogP) is -3.64. The summed E-state index contributed by atoms with van der Waals surface area (Å²) in [5.74, 6) is 0. The molecule has 8 heavy (non-hydrogen) atoms. The zero-order valence-electron chi connectivity index (χ0n) is 5.24. The molecule has 0 saturated heterocycles. The van der Waals surface area contributed by atoms with E-state index < -0.39 is 0 Å². The zero-order chi connectivity index (χ0) is 4.83. The SMILES string of the molecule is B.CCCCC[O-].[Na+]. The zero-order valence-corrected chi connectivity index (χ0v) is 7.24. The Balaban J connectivity index is -0.000000125. The summed E-state index contributed by atoms with van der Waals surface area (Å²) in [7, 11) is 0. The number of hydrogen-bond donors (Lipinski definition) is 0. The molecule has 1 nitrogen and oxygen atoms in total. The van der Waals surface area contributed by atoms with E-state index in [1.807, 2.05) is 0 Å². The van der Waals surface area contributed by atoms with Crippen LogP contribution in [0.1, 0.15) is 26.2 Å². The summed E-state index contributed by atoms with van der Waals surface area (Å²) in [6.45, 7) is 2.20. The molecule has 0 bridgehead atoms. The molecule has 0 aromatic rings. The average molecular weight is 124 g/mol. The molecule has 44 valence electrons. The van der Waals surface area contributed by atoms with E-state index >= 15 is 0 Å². The molecule has 0 aliphatic carbocycles. The summed E-state index contributed by atoms with van der Waals surface area (Å²) in [6.07, 6.45) is 3.11. The van der Waals surface area contributed by atoms with Gasteiger partial charge in [-0.25, -0.2) is 0 Å². The third kappa shape index (κ3) is 15.7. The second-order valence-corrected chi connectivity index (χ2v) is 1.41. The van der Waals surface area contributed by atoms with Crippen LogP contribution in [0.2, 0.25) is 0 Å². The first-order chi connectivity index (χ1) is 2.91. The van der Waals surface area contributed by atoms with Gasteiger partial charge >= 0.3 is 29.6 Å². The molecule has 0 amide bonds. The van der Waals surface area contributed by atoms with Crippen LogP contribution in [0.4, 0.5) is 0 Å². The van der Waals surface area contributed by atoms with Crippen molar-refractivity contribution in [3.63, 3.8) is 0 Å². The molecule has 3 heteroatoms. The van der Waals surface area contributed by atoms with Crippen molar-refractivity contribution in [3.8, 4) is 0 Å². The van der Waals surface area contributed by atoms with Gasteiger partial charge in [-0.3, -0.25) is 0 Å². The molecule has 0 heterocycles. The van der Waals surface area contributed by atoms with Crippen molar-refractivity contribution in [1.29, 1.82) is 0 Å². The smallest absolute Gasteiger partial charge is 0.854 e. The summed E-state index contributed by atoms with van der Waals surface area (Å²) >= 11 is 0. The molecule has 0 atom stereocenters. The third-order valence-corrected chi connectivity index (χ3v) is 0.748. The van der Waals surface area contributed by atoms with Gasteiger partial charge in [0.15, 0.2) is 0 Å². The minimum absolute atomic E-state index is 0. The van der Waals surface area contributed by atoms with Crippen LogP contribution in [0.15, 0.2) is 0 Å². The molecule has 0 saturated carbocycles. The quantitative estimate of drug-likeness (QED) is 0.281. The fourth-order valence-electron chi connectivity index (χ4n) is 0.352. The third-order valence-electron chi connectivity index (χ3n) is 0.748. The summed E-state index contributed by atoms with van der Waals surface area (Å²) < 4.78 is 0. The summed E-state index contributed by atoms with van der Waals surface area (Å²) in [5, 5.41) is 9.69.